The van der Waals surface area contributed by atoms with E-state index in [1.807, 2.05) is 41.9 Å². The average molecular weight is 325 g/mol. The Bertz CT molecular complexity index is 807. The van der Waals surface area contributed by atoms with Crippen LogP contribution in [0.1, 0.15) is 11.5 Å². The van der Waals surface area contributed by atoms with E-state index < -0.39 is 0 Å². The SMILES string of the molecule is CN=C(NCc1coc(-c2ccccc2)n1)NCc1nncn1C. The lowest BCUT2D eigenvalue weighted by molar-refractivity contribution is 0.572. The van der Waals surface area contributed by atoms with Gasteiger partial charge in [0.25, 0.3) is 0 Å². The molecule has 0 fully saturated rings. The lowest BCUT2D eigenvalue weighted by Gasteiger charge is -2.10. The summed E-state index contributed by atoms with van der Waals surface area (Å²) >= 11 is 0. The topological polar surface area (TPSA) is 93.2 Å². The van der Waals surface area contributed by atoms with Gasteiger partial charge in [-0.25, -0.2) is 4.98 Å². The van der Waals surface area contributed by atoms with Crippen molar-refractivity contribution in [3.8, 4) is 11.5 Å². The van der Waals surface area contributed by atoms with Crippen molar-refractivity contribution in [2.24, 2.45) is 12.0 Å². The monoisotopic (exact) mass is 325 g/mol. The molecule has 0 aliphatic heterocycles. The van der Waals surface area contributed by atoms with Crippen LogP contribution in [0.5, 0.6) is 0 Å². The van der Waals surface area contributed by atoms with Gasteiger partial charge in [-0.05, 0) is 12.1 Å². The molecule has 0 spiro atoms. The molecule has 0 amide bonds. The highest BCUT2D eigenvalue weighted by Crippen LogP contribution is 2.17. The molecule has 0 unspecified atom stereocenters. The lowest BCUT2D eigenvalue weighted by atomic mass is 10.2. The molecule has 8 nitrogen and oxygen atoms in total. The van der Waals surface area contributed by atoms with Crippen LogP contribution in [0.15, 0.2) is 52.3 Å². The molecule has 1 aromatic carbocycles. The molecule has 2 heterocycles. The lowest BCUT2D eigenvalue weighted by Crippen LogP contribution is -2.37. The number of oxazole rings is 1. The summed E-state index contributed by atoms with van der Waals surface area (Å²) in [7, 11) is 3.61. The predicted molar refractivity (Wildman–Crippen MR) is 90.0 cm³/mol. The molecule has 24 heavy (non-hydrogen) atoms. The first kappa shape index (κ1) is 15.7. The second kappa shape index (κ2) is 7.40. The number of aromatic nitrogens is 4. The van der Waals surface area contributed by atoms with Crippen molar-refractivity contribution < 1.29 is 4.42 Å². The normalized spacial score (nSPS) is 11.5. The van der Waals surface area contributed by atoms with Gasteiger partial charge in [0.1, 0.15) is 12.6 Å². The average Bonchev–Trinajstić information content (AvgIpc) is 3.25. The zero-order valence-corrected chi connectivity index (χ0v) is 13.6. The van der Waals surface area contributed by atoms with Crippen LogP contribution in [0.2, 0.25) is 0 Å². The third-order valence-electron chi connectivity index (χ3n) is 3.45. The molecule has 8 heteroatoms. The maximum atomic E-state index is 5.52. The number of hydrogen-bond donors (Lipinski definition) is 2. The summed E-state index contributed by atoms with van der Waals surface area (Å²) in [5.74, 6) is 2.09. The van der Waals surface area contributed by atoms with Gasteiger partial charge in [-0.1, -0.05) is 18.2 Å². The molecular formula is C16H19N7O. The van der Waals surface area contributed by atoms with E-state index in [4.69, 9.17) is 4.42 Å². The fourth-order valence-electron chi connectivity index (χ4n) is 2.13. The van der Waals surface area contributed by atoms with Gasteiger partial charge in [0.2, 0.25) is 5.89 Å². The molecule has 0 aliphatic rings. The van der Waals surface area contributed by atoms with Crippen molar-refractivity contribution in [2.75, 3.05) is 7.05 Å². The first-order chi connectivity index (χ1) is 11.8. The van der Waals surface area contributed by atoms with Crippen LogP contribution in [0.4, 0.5) is 0 Å². The third kappa shape index (κ3) is 3.78. The Morgan fingerprint density at radius 3 is 2.71 bits per heavy atom. The maximum Gasteiger partial charge on any atom is 0.226 e. The molecule has 0 radical (unpaired) electrons. The number of hydrogen-bond acceptors (Lipinski definition) is 5. The van der Waals surface area contributed by atoms with Gasteiger partial charge in [0.05, 0.1) is 18.8 Å². The van der Waals surface area contributed by atoms with Gasteiger partial charge in [-0.2, -0.15) is 0 Å². The summed E-state index contributed by atoms with van der Waals surface area (Å²) in [5.41, 5.74) is 1.75. The number of rotatable bonds is 5. The molecule has 0 bridgehead atoms. The van der Waals surface area contributed by atoms with Crippen LogP contribution in [0.25, 0.3) is 11.5 Å². The predicted octanol–water partition coefficient (Wildman–Crippen LogP) is 1.34. The molecule has 2 aromatic heterocycles. The Kier molecular flexibility index (Phi) is 4.85. The van der Waals surface area contributed by atoms with Gasteiger partial charge < -0.3 is 19.6 Å². The number of aryl methyl sites for hydroxylation is 1. The first-order valence-corrected chi connectivity index (χ1v) is 7.53. The van der Waals surface area contributed by atoms with Crippen molar-refractivity contribution in [1.82, 2.24) is 30.4 Å². The van der Waals surface area contributed by atoms with Gasteiger partial charge in [-0.3, -0.25) is 4.99 Å². The Balaban J connectivity index is 1.54. The Labute approximate surface area is 139 Å². The van der Waals surface area contributed by atoms with E-state index in [9.17, 15) is 0 Å². The van der Waals surface area contributed by atoms with Crippen LogP contribution >= 0.6 is 0 Å². The van der Waals surface area contributed by atoms with Crippen LogP contribution < -0.4 is 10.6 Å². The molecule has 3 rings (SSSR count). The summed E-state index contributed by atoms with van der Waals surface area (Å²) in [5, 5.41) is 14.2. The van der Waals surface area contributed by atoms with Crippen molar-refractivity contribution in [1.29, 1.82) is 0 Å². The zero-order valence-electron chi connectivity index (χ0n) is 13.6. The molecule has 0 atom stereocenters. The van der Waals surface area contributed by atoms with Crippen LogP contribution in [0.3, 0.4) is 0 Å². The Morgan fingerprint density at radius 2 is 2.00 bits per heavy atom. The van der Waals surface area contributed by atoms with Gasteiger partial charge in [0, 0.05) is 19.7 Å². The minimum atomic E-state index is 0.509. The standard InChI is InChI=1S/C16H19N7O/c1-17-16(19-9-14-22-20-11-23(14)2)18-8-13-10-24-15(21-13)12-6-4-3-5-7-12/h3-7,10-11H,8-9H2,1-2H3,(H2,17,18,19). The Hall–Kier alpha value is -3.16. The van der Waals surface area contributed by atoms with Gasteiger partial charge >= 0.3 is 0 Å². The number of nitrogens with one attached hydrogen (secondary N) is 2. The number of benzene rings is 1. The van der Waals surface area contributed by atoms with Crippen molar-refractivity contribution in [3.63, 3.8) is 0 Å². The maximum absolute atomic E-state index is 5.52. The van der Waals surface area contributed by atoms with Gasteiger partial charge in [0.15, 0.2) is 11.8 Å². The largest absolute Gasteiger partial charge is 0.444 e. The molecule has 0 saturated carbocycles. The smallest absolute Gasteiger partial charge is 0.226 e. The quantitative estimate of drug-likeness (QED) is 0.543. The molecule has 2 N–H and O–H groups in total. The molecule has 0 saturated heterocycles. The fourth-order valence-corrected chi connectivity index (χ4v) is 2.13. The highest BCUT2D eigenvalue weighted by Gasteiger charge is 2.07. The second-order valence-corrected chi connectivity index (χ2v) is 5.15. The highest BCUT2D eigenvalue weighted by atomic mass is 16.3. The summed E-state index contributed by atoms with van der Waals surface area (Å²) < 4.78 is 7.37. The van der Waals surface area contributed by atoms with Crippen LogP contribution in [-0.2, 0) is 20.1 Å². The second-order valence-electron chi connectivity index (χ2n) is 5.15. The minimum Gasteiger partial charge on any atom is -0.444 e. The summed E-state index contributed by atoms with van der Waals surface area (Å²) in [6, 6.07) is 9.79. The summed E-state index contributed by atoms with van der Waals surface area (Å²) in [6.07, 6.45) is 3.30. The molecule has 3 aromatic rings. The minimum absolute atomic E-state index is 0.509. The van der Waals surface area contributed by atoms with Crippen LogP contribution in [-0.4, -0.2) is 32.8 Å². The van der Waals surface area contributed by atoms with Crippen molar-refractivity contribution in [3.05, 3.63) is 54.4 Å². The summed E-state index contributed by atoms with van der Waals surface area (Å²) in [4.78, 5) is 8.65. The van der Waals surface area contributed by atoms with Crippen molar-refractivity contribution >= 4 is 5.96 Å². The molecule has 0 aliphatic carbocycles. The third-order valence-corrected chi connectivity index (χ3v) is 3.45. The molecular weight excluding hydrogens is 306 g/mol. The Morgan fingerprint density at radius 1 is 1.21 bits per heavy atom. The van der Waals surface area contributed by atoms with E-state index in [1.165, 1.54) is 0 Å². The fraction of sp³-hybridized carbons (Fsp3) is 0.250. The molecule has 124 valence electrons. The van der Waals surface area contributed by atoms with E-state index >= 15 is 0 Å². The van der Waals surface area contributed by atoms with Crippen molar-refractivity contribution in [2.45, 2.75) is 13.1 Å². The number of aliphatic imine (C=N–C) groups is 1. The van der Waals surface area contributed by atoms with Crippen LogP contribution in [0, 0.1) is 0 Å². The van der Waals surface area contributed by atoms with Gasteiger partial charge in [-0.15, -0.1) is 10.2 Å². The number of nitrogens with zero attached hydrogens (tertiary/aromatic N) is 5. The van der Waals surface area contributed by atoms with E-state index in [0.717, 1.165) is 17.1 Å². The zero-order chi connectivity index (χ0) is 16.8. The van der Waals surface area contributed by atoms with E-state index in [0.29, 0.717) is 24.9 Å². The van der Waals surface area contributed by atoms with E-state index in [-0.39, 0.29) is 0 Å². The number of guanidine groups is 1. The van der Waals surface area contributed by atoms with E-state index in [2.05, 4.69) is 30.8 Å². The highest BCUT2D eigenvalue weighted by molar-refractivity contribution is 5.79. The first-order valence-electron chi connectivity index (χ1n) is 7.53. The van der Waals surface area contributed by atoms with E-state index in [1.54, 1.807) is 19.6 Å². The summed E-state index contributed by atoms with van der Waals surface area (Å²) in [6.45, 7) is 1.04.